The maximum Gasteiger partial charge on any atom is 0.272 e. The fourth-order valence-electron chi connectivity index (χ4n) is 1.83. The molecule has 0 spiro atoms. The zero-order chi connectivity index (χ0) is 15.4. The molecule has 1 aromatic carbocycles. The molecule has 0 aliphatic carbocycles. The third-order valence-corrected chi connectivity index (χ3v) is 3.56. The van der Waals surface area contributed by atoms with E-state index in [4.69, 9.17) is 4.52 Å². The first kappa shape index (κ1) is 14.3. The number of rotatable bonds is 5. The van der Waals surface area contributed by atoms with Crippen LogP contribution in [-0.2, 0) is 0 Å². The van der Waals surface area contributed by atoms with Gasteiger partial charge in [0.15, 0.2) is 5.69 Å². The standard InChI is InChI=1S/C14H13N5O2S/c1-9(7-15-13(20)11-8-22-19-17-11)14-16-12(18-21-14)10-5-3-2-4-6-10/h2-6,8-9H,7H2,1H3,(H,15,20)/t9-/m1/s1. The summed E-state index contributed by atoms with van der Waals surface area (Å²) in [5.74, 6) is 0.664. The first-order valence-corrected chi connectivity index (χ1v) is 7.52. The van der Waals surface area contributed by atoms with E-state index in [9.17, 15) is 4.79 Å². The van der Waals surface area contributed by atoms with Crippen LogP contribution in [0.5, 0.6) is 0 Å². The highest BCUT2D eigenvalue weighted by atomic mass is 32.1. The van der Waals surface area contributed by atoms with Gasteiger partial charge in [-0.25, -0.2) is 0 Å². The molecule has 1 atom stereocenters. The largest absolute Gasteiger partial charge is 0.350 e. The molecule has 0 saturated carbocycles. The maximum absolute atomic E-state index is 11.8. The van der Waals surface area contributed by atoms with Crippen LogP contribution in [0.25, 0.3) is 11.4 Å². The number of carbonyl (C=O) groups excluding carboxylic acids is 1. The Morgan fingerprint density at radius 3 is 2.91 bits per heavy atom. The molecule has 0 unspecified atom stereocenters. The lowest BCUT2D eigenvalue weighted by molar-refractivity contribution is 0.0945. The Bertz CT molecular complexity index is 742. The lowest BCUT2D eigenvalue weighted by Gasteiger charge is -2.06. The number of amides is 1. The summed E-state index contributed by atoms with van der Waals surface area (Å²) in [6.45, 7) is 2.29. The van der Waals surface area contributed by atoms with E-state index in [-0.39, 0.29) is 11.8 Å². The average molecular weight is 315 g/mol. The number of benzene rings is 1. The number of hydrogen-bond donors (Lipinski definition) is 1. The molecule has 2 heterocycles. The fourth-order valence-corrected chi connectivity index (χ4v) is 2.26. The summed E-state index contributed by atoms with van der Waals surface area (Å²) in [5, 5.41) is 12.0. The minimum Gasteiger partial charge on any atom is -0.350 e. The Morgan fingerprint density at radius 1 is 1.36 bits per heavy atom. The van der Waals surface area contributed by atoms with Crippen molar-refractivity contribution in [2.24, 2.45) is 0 Å². The number of nitrogens with zero attached hydrogens (tertiary/aromatic N) is 4. The van der Waals surface area contributed by atoms with Crippen LogP contribution in [0.15, 0.2) is 40.2 Å². The first-order chi connectivity index (χ1) is 10.7. The Hall–Kier alpha value is -2.61. The van der Waals surface area contributed by atoms with Gasteiger partial charge in [0, 0.05) is 17.5 Å². The molecule has 0 fully saturated rings. The van der Waals surface area contributed by atoms with E-state index in [1.54, 1.807) is 5.38 Å². The van der Waals surface area contributed by atoms with Gasteiger partial charge >= 0.3 is 0 Å². The molecule has 7 nitrogen and oxygen atoms in total. The lowest BCUT2D eigenvalue weighted by atomic mass is 10.1. The molecule has 0 saturated heterocycles. The molecule has 1 N–H and O–H groups in total. The average Bonchev–Trinajstić information content (AvgIpc) is 3.24. The number of aromatic nitrogens is 4. The third-order valence-electron chi connectivity index (χ3n) is 3.06. The SMILES string of the molecule is C[C@H](CNC(=O)c1csnn1)c1nc(-c2ccccc2)no1. The zero-order valence-corrected chi connectivity index (χ0v) is 12.6. The highest BCUT2D eigenvalue weighted by Gasteiger charge is 2.17. The second-order valence-electron chi connectivity index (χ2n) is 4.72. The van der Waals surface area contributed by atoms with Crippen molar-refractivity contribution in [1.82, 2.24) is 25.0 Å². The van der Waals surface area contributed by atoms with Crippen LogP contribution >= 0.6 is 11.5 Å². The minimum atomic E-state index is -0.261. The van der Waals surface area contributed by atoms with Crippen LogP contribution in [0, 0.1) is 0 Å². The highest BCUT2D eigenvalue weighted by molar-refractivity contribution is 7.03. The lowest BCUT2D eigenvalue weighted by Crippen LogP contribution is -2.27. The predicted octanol–water partition coefficient (Wildman–Crippen LogP) is 2.12. The van der Waals surface area contributed by atoms with Gasteiger partial charge in [-0.3, -0.25) is 4.79 Å². The van der Waals surface area contributed by atoms with E-state index in [1.807, 2.05) is 37.3 Å². The van der Waals surface area contributed by atoms with Crippen molar-refractivity contribution in [3.63, 3.8) is 0 Å². The first-order valence-electron chi connectivity index (χ1n) is 6.68. The Labute approximate surface area is 130 Å². The van der Waals surface area contributed by atoms with Gasteiger partial charge in [0.1, 0.15) is 0 Å². The van der Waals surface area contributed by atoms with Crippen LogP contribution in [0.1, 0.15) is 29.2 Å². The Balaban J connectivity index is 1.62. The summed E-state index contributed by atoms with van der Waals surface area (Å²) in [4.78, 5) is 16.2. The van der Waals surface area contributed by atoms with E-state index >= 15 is 0 Å². The van der Waals surface area contributed by atoms with Crippen LogP contribution in [0.4, 0.5) is 0 Å². The molecule has 3 rings (SSSR count). The molecule has 0 bridgehead atoms. The summed E-state index contributed by atoms with van der Waals surface area (Å²) in [6.07, 6.45) is 0. The maximum atomic E-state index is 11.8. The van der Waals surface area contributed by atoms with Crippen LogP contribution in [-0.4, -0.2) is 32.2 Å². The molecular weight excluding hydrogens is 302 g/mol. The van der Waals surface area contributed by atoms with Crippen molar-refractivity contribution in [3.05, 3.63) is 47.3 Å². The van der Waals surface area contributed by atoms with Crippen LogP contribution in [0.2, 0.25) is 0 Å². The van der Waals surface area contributed by atoms with Gasteiger partial charge in [-0.2, -0.15) is 4.98 Å². The Morgan fingerprint density at radius 2 is 2.18 bits per heavy atom. The normalized spacial score (nSPS) is 12.0. The number of nitrogens with one attached hydrogen (secondary N) is 1. The van der Waals surface area contributed by atoms with E-state index < -0.39 is 0 Å². The van der Waals surface area contributed by atoms with Crippen molar-refractivity contribution in [2.45, 2.75) is 12.8 Å². The van der Waals surface area contributed by atoms with E-state index in [0.29, 0.717) is 24.0 Å². The summed E-state index contributed by atoms with van der Waals surface area (Å²) < 4.78 is 8.92. The predicted molar refractivity (Wildman–Crippen MR) is 80.4 cm³/mol. The van der Waals surface area contributed by atoms with Gasteiger partial charge in [-0.05, 0) is 11.5 Å². The van der Waals surface area contributed by atoms with Gasteiger partial charge < -0.3 is 9.84 Å². The summed E-state index contributed by atoms with van der Waals surface area (Å²) in [7, 11) is 0. The smallest absolute Gasteiger partial charge is 0.272 e. The highest BCUT2D eigenvalue weighted by Crippen LogP contribution is 2.19. The van der Waals surface area contributed by atoms with Gasteiger partial charge in [0.2, 0.25) is 11.7 Å². The third kappa shape index (κ3) is 3.17. The molecule has 0 aliphatic heterocycles. The second-order valence-corrected chi connectivity index (χ2v) is 5.33. The molecule has 0 aliphatic rings. The van der Waals surface area contributed by atoms with Crippen molar-refractivity contribution in [1.29, 1.82) is 0 Å². The quantitative estimate of drug-likeness (QED) is 0.775. The molecule has 22 heavy (non-hydrogen) atoms. The molecule has 1 amide bonds. The molecule has 112 valence electrons. The van der Waals surface area contributed by atoms with E-state index in [2.05, 4.69) is 25.0 Å². The van der Waals surface area contributed by atoms with Crippen LogP contribution < -0.4 is 5.32 Å². The number of carbonyl (C=O) groups is 1. The fraction of sp³-hybridized carbons (Fsp3) is 0.214. The van der Waals surface area contributed by atoms with Crippen LogP contribution in [0.3, 0.4) is 0 Å². The van der Waals surface area contributed by atoms with Crippen molar-refractivity contribution >= 4 is 17.4 Å². The molecular formula is C14H13N5O2S. The summed E-state index contributed by atoms with van der Waals surface area (Å²) in [5.41, 5.74) is 1.20. The van der Waals surface area contributed by atoms with Crippen molar-refractivity contribution in [2.75, 3.05) is 6.54 Å². The van der Waals surface area contributed by atoms with Crippen molar-refractivity contribution in [3.8, 4) is 11.4 Å². The molecule has 2 aromatic heterocycles. The molecule has 0 radical (unpaired) electrons. The number of hydrogen-bond acceptors (Lipinski definition) is 7. The van der Waals surface area contributed by atoms with Gasteiger partial charge in [0.25, 0.3) is 5.91 Å². The van der Waals surface area contributed by atoms with E-state index in [1.165, 1.54) is 0 Å². The van der Waals surface area contributed by atoms with E-state index in [0.717, 1.165) is 17.1 Å². The molecule has 3 aromatic rings. The monoisotopic (exact) mass is 315 g/mol. The Kier molecular flexibility index (Phi) is 4.19. The zero-order valence-electron chi connectivity index (χ0n) is 11.8. The van der Waals surface area contributed by atoms with Gasteiger partial charge in [0.05, 0.1) is 5.92 Å². The van der Waals surface area contributed by atoms with Gasteiger partial charge in [-0.15, -0.1) is 5.10 Å². The minimum absolute atomic E-state index is 0.0968. The van der Waals surface area contributed by atoms with Crippen molar-refractivity contribution < 1.29 is 9.32 Å². The second kappa shape index (κ2) is 6.44. The summed E-state index contributed by atoms with van der Waals surface area (Å²) in [6, 6.07) is 9.58. The molecule has 8 heteroatoms. The topological polar surface area (TPSA) is 93.8 Å². The summed E-state index contributed by atoms with van der Waals surface area (Å²) >= 11 is 1.14. The van der Waals surface area contributed by atoms with Gasteiger partial charge in [-0.1, -0.05) is 46.9 Å².